The largest absolute Gasteiger partial charge is 0.482 e. The number of hydrogen-bond donors (Lipinski definition) is 2. The number of nitrogens with one attached hydrogen (secondary N) is 1. The van der Waals surface area contributed by atoms with Crippen LogP contribution in [0.1, 0.15) is 31.2 Å². The van der Waals surface area contributed by atoms with E-state index in [-0.39, 0.29) is 17.9 Å². The standard InChI is InChI=1S/C16H18F3NO4/c1-10-3-4-11(12(7-10)24-9-16(17,18)19)20-13(21)8-15(14(22)23)5-2-6-15/h3-4,7H,2,5-6,8-9H2,1H3,(H,20,21)(H,22,23). The molecule has 8 heteroatoms. The molecule has 1 fully saturated rings. The van der Waals surface area contributed by atoms with Gasteiger partial charge in [0, 0.05) is 6.42 Å². The van der Waals surface area contributed by atoms with Crippen LogP contribution in [0.3, 0.4) is 0 Å². The zero-order valence-electron chi connectivity index (χ0n) is 13.1. The Balaban J connectivity index is 2.08. The van der Waals surface area contributed by atoms with E-state index >= 15 is 0 Å². The number of aryl methyl sites for hydroxylation is 1. The molecule has 0 atom stereocenters. The van der Waals surface area contributed by atoms with Gasteiger partial charge in [0.05, 0.1) is 11.1 Å². The molecule has 0 aliphatic heterocycles. The fraction of sp³-hybridized carbons (Fsp3) is 0.500. The molecular weight excluding hydrogens is 327 g/mol. The molecule has 132 valence electrons. The summed E-state index contributed by atoms with van der Waals surface area (Å²) in [6.45, 7) is 0.207. The van der Waals surface area contributed by atoms with Crippen LogP contribution >= 0.6 is 0 Å². The fourth-order valence-corrected chi connectivity index (χ4v) is 2.58. The van der Waals surface area contributed by atoms with Crippen molar-refractivity contribution in [3.05, 3.63) is 23.8 Å². The predicted octanol–water partition coefficient (Wildman–Crippen LogP) is 3.52. The summed E-state index contributed by atoms with van der Waals surface area (Å²) in [7, 11) is 0. The number of anilines is 1. The average molecular weight is 345 g/mol. The maximum Gasteiger partial charge on any atom is 0.422 e. The lowest BCUT2D eigenvalue weighted by Crippen LogP contribution is -2.41. The lowest BCUT2D eigenvalue weighted by Gasteiger charge is -2.36. The Morgan fingerprint density at radius 3 is 2.50 bits per heavy atom. The molecule has 1 aliphatic rings. The van der Waals surface area contributed by atoms with Crippen LogP contribution in [0.2, 0.25) is 0 Å². The van der Waals surface area contributed by atoms with Gasteiger partial charge in [-0.2, -0.15) is 13.2 Å². The first kappa shape index (κ1) is 18.1. The minimum absolute atomic E-state index is 0.0923. The van der Waals surface area contributed by atoms with Crippen LogP contribution in [0.15, 0.2) is 18.2 Å². The number of halogens is 3. The lowest BCUT2D eigenvalue weighted by molar-refractivity contribution is -0.157. The second-order valence-corrected chi connectivity index (χ2v) is 6.07. The van der Waals surface area contributed by atoms with E-state index < -0.39 is 30.1 Å². The molecule has 0 bridgehead atoms. The summed E-state index contributed by atoms with van der Waals surface area (Å²) in [6, 6.07) is 4.44. The van der Waals surface area contributed by atoms with Crippen molar-refractivity contribution in [3.63, 3.8) is 0 Å². The molecular formula is C16H18F3NO4. The third kappa shape index (κ3) is 4.39. The van der Waals surface area contributed by atoms with Crippen molar-refractivity contribution in [1.29, 1.82) is 0 Å². The van der Waals surface area contributed by atoms with Gasteiger partial charge in [-0.15, -0.1) is 0 Å². The summed E-state index contributed by atoms with van der Waals surface area (Å²) in [5, 5.41) is 11.7. The highest BCUT2D eigenvalue weighted by molar-refractivity contribution is 5.95. The molecule has 0 spiro atoms. The number of benzene rings is 1. The van der Waals surface area contributed by atoms with Crippen molar-refractivity contribution in [2.75, 3.05) is 11.9 Å². The van der Waals surface area contributed by atoms with Gasteiger partial charge in [-0.1, -0.05) is 12.5 Å². The topological polar surface area (TPSA) is 75.6 Å². The zero-order valence-corrected chi connectivity index (χ0v) is 13.1. The Bertz CT molecular complexity index is 639. The van der Waals surface area contributed by atoms with Crippen molar-refractivity contribution in [1.82, 2.24) is 0 Å². The Hall–Kier alpha value is -2.25. The first-order valence-corrected chi connectivity index (χ1v) is 7.45. The smallest absolute Gasteiger partial charge is 0.422 e. The minimum Gasteiger partial charge on any atom is -0.482 e. The molecule has 5 nitrogen and oxygen atoms in total. The third-order valence-corrected chi connectivity index (χ3v) is 4.07. The van der Waals surface area contributed by atoms with Crippen LogP contribution in [-0.2, 0) is 9.59 Å². The van der Waals surface area contributed by atoms with Crippen LogP contribution in [0.5, 0.6) is 5.75 Å². The average Bonchev–Trinajstić information content (AvgIpc) is 2.42. The molecule has 2 rings (SSSR count). The molecule has 24 heavy (non-hydrogen) atoms. The van der Waals surface area contributed by atoms with Crippen LogP contribution < -0.4 is 10.1 Å². The number of carboxylic acid groups (broad SMARTS) is 1. The van der Waals surface area contributed by atoms with E-state index in [1.54, 1.807) is 13.0 Å². The summed E-state index contributed by atoms with van der Waals surface area (Å²) < 4.78 is 41.7. The summed E-state index contributed by atoms with van der Waals surface area (Å²) in [5.41, 5.74) is -0.303. The number of alkyl halides is 3. The molecule has 1 saturated carbocycles. The number of carbonyl (C=O) groups is 2. The summed E-state index contributed by atoms with van der Waals surface area (Å²) in [6.07, 6.45) is -3.13. The molecule has 0 radical (unpaired) electrons. The quantitative estimate of drug-likeness (QED) is 0.827. The maximum atomic E-state index is 12.3. The SMILES string of the molecule is Cc1ccc(NC(=O)CC2(C(=O)O)CCC2)c(OCC(F)(F)F)c1. The van der Waals surface area contributed by atoms with E-state index in [0.717, 1.165) is 6.42 Å². The van der Waals surface area contributed by atoms with E-state index in [4.69, 9.17) is 4.74 Å². The molecule has 2 N–H and O–H groups in total. The van der Waals surface area contributed by atoms with Gasteiger partial charge in [0.15, 0.2) is 6.61 Å². The van der Waals surface area contributed by atoms with Crippen LogP contribution in [0, 0.1) is 12.3 Å². The Kier molecular flexibility index (Phi) is 5.05. The van der Waals surface area contributed by atoms with Crippen molar-refractivity contribution < 1.29 is 32.6 Å². The Morgan fingerprint density at radius 2 is 2.00 bits per heavy atom. The van der Waals surface area contributed by atoms with Crippen molar-refractivity contribution in [2.24, 2.45) is 5.41 Å². The van der Waals surface area contributed by atoms with Crippen molar-refractivity contribution in [3.8, 4) is 5.75 Å². The van der Waals surface area contributed by atoms with Crippen LogP contribution in [0.4, 0.5) is 18.9 Å². The monoisotopic (exact) mass is 345 g/mol. The number of ether oxygens (including phenoxy) is 1. The molecule has 1 amide bonds. The molecule has 0 aromatic heterocycles. The number of carboxylic acids is 1. The molecule has 0 heterocycles. The maximum absolute atomic E-state index is 12.3. The number of rotatable bonds is 6. The zero-order chi connectivity index (χ0) is 18.0. The molecule has 0 saturated heterocycles. The highest BCUT2D eigenvalue weighted by Crippen LogP contribution is 2.44. The second kappa shape index (κ2) is 6.70. The third-order valence-electron chi connectivity index (χ3n) is 4.07. The second-order valence-electron chi connectivity index (χ2n) is 6.07. The van der Waals surface area contributed by atoms with Gasteiger partial charge in [-0.25, -0.2) is 0 Å². The minimum atomic E-state index is -4.50. The van der Waals surface area contributed by atoms with Crippen molar-refractivity contribution >= 4 is 17.6 Å². The summed E-state index contributed by atoms with van der Waals surface area (Å²) in [5.74, 6) is -1.68. The van der Waals surface area contributed by atoms with E-state index in [1.807, 2.05) is 0 Å². The van der Waals surface area contributed by atoms with Gasteiger partial charge < -0.3 is 15.2 Å². The first-order chi connectivity index (χ1) is 11.1. The van der Waals surface area contributed by atoms with E-state index in [1.165, 1.54) is 12.1 Å². The van der Waals surface area contributed by atoms with Gasteiger partial charge in [0.2, 0.25) is 5.91 Å². The normalized spacial score (nSPS) is 16.2. The Morgan fingerprint density at radius 1 is 1.33 bits per heavy atom. The van der Waals surface area contributed by atoms with Gasteiger partial charge in [0.1, 0.15) is 5.75 Å². The van der Waals surface area contributed by atoms with Crippen molar-refractivity contribution in [2.45, 2.75) is 38.8 Å². The Labute approximate surface area is 136 Å². The predicted molar refractivity (Wildman–Crippen MR) is 79.9 cm³/mol. The summed E-state index contributed by atoms with van der Waals surface area (Å²) >= 11 is 0. The molecule has 0 unspecified atom stereocenters. The van der Waals surface area contributed by atoms with E-state index in [0.29, 0.717) is 18.4 Å². The lowest BCUT2D eigenvalue weighted by atomic mass is 9.66. The number of amides is 1. The number of carbonyl (C=O) groups excluding carboxylic acids is 1. The number of hydrogen-bond acceptors (Lipinski definition) is 3. The highest BCUT2D eigenvalue weighted by atomic mass is 19.4. The van der Waals surface area contributed by atoms with Crippen LogP contribution in [-0.4, -0.2) is 29.8 Å². The highest BCUT2D eigenvalue weighted by Gasteiger charge is 2.46. The number of aliphatic carboxylic acids is 1. The van der Waals surface area contributed by atoms with Gasteiger partial charge in [-0.05, 0) is 37.5 Å². The fourth-order valence-electron chi connectivity index (χ4n) is 2.58. The van der Waals surface area contributed by atoms with Gasteiger partial charge >= 0.3 is 12.1 Å². The van der Waals surface area contributed by atoms with Gasteiger partial charge in [0.25, 0.3) is 0 Å². The van der Waals surface area contributed by atoms with E-state index in [2.05, 4.69) is 5.32 Å². The molecule has 1 aromatic carbocycles. The first-order valence-electron chi connectivity index (χ1n) is 7.45. The summed E-state index contributed by atoms with van der Waals surface area (Å²) in [4.78, 5) is 23.4. The molecule has 1 aliphatic carbocycles. The van der Waals surface area contributed by atoms with E-state index in [9.17, 15) is 27.9 Å². The van der Waals surface area contributed by atoms with Crippen LogP contribution in [0.25, 0.3) is 0 Å². The van der Waals surface area contributed by atoms with Gasteiger partial charge in [-0.3, -0.25) is 9.59 Å². The molecule has 1 aromatic rings.